The first-order chi connectivity index (χ1) is 11.6. The predicted octanol–water partition coefficient (Wildman–Crippen LogP) is 0.129. The molecule has 1 aliphatic rings. The van der Waals surface area contributed by atoms with Gasteiger partial charge in [0, 0.05) is 51.2 Å². The number of piperazine rings is 1. The molecule has 9 heteroatoms. The van der Waals surface area contributed by atoms with Gasteiger partial charge in [0.05, 0.1) is 11.8 Å². The minimum atomic E-state index is 0.0274. The number of carbonyl (C=O) groups excluding carboxylic acids is 1. The average Bonchev–Trinajstić information content (AvgIpc) is 3.22. The maximum atomic E-state index is 12.5. The van der Waals surface area contributed by atoms with Crippen molar-refractivity contribution >= 4 is 17.5 Å². The fraction of sp³-hybridized carbons (Fsp3) is 0.400. The van der Waals surface area contributed by atoms with Gasteiger partial charge in [-0.2, -0.15) is 19.7 Å². The van der Waals surface area contributed by atoms with Gasteiger partial charge in [-0.1, -0.05) is 0 Å². The van der Waals surface area contributed by atoms with E-state index in [2.05, 4.69) is 25.1 Å². The lowest BCUT2D eigenvalue weighted by Gasteiger charge is -2.35. The summed E-state index contributed by atoms with van der Waals surface area (Å²) in [7, 11) is 1.81. The summed E-state index contributed by atoms with van der Waals surface area (Å²) in [6, 6.07) is 2.00. The summed E-state index contributed by atoms with van der Waals surface area (Å²) in [5.41, 5.74) is 1.53. The highest BCUT2D eigenvalue weighted by molar-refractivity contribution is 5.93. The minimum Gasteiger partial charge on any atom is -0.353 e. The van der Waals surface area contributed by atoms with Crippen LogP contribution in [0.2, 0.25) is 0 Å². The molecular weight excluding hydrogens is 308 g/mol. The molecule has 9 nitrogen and oxygen atoms in total. The number of hydrogen-bond acceptors (Lipinski definition) is 6. The zero-order valence-corrected chi connectivity index (χ0v) is 13.6. The molecule has 3 aromatic rings. The van der Waals surface area contributed by atoms with Crippen molar-refractivity contribution in [2.24, 2.45) is 7.05 Å². The Morgan fingerprint density at radius 3 is 2.67 bits per heavy atom. The second-order valence-corrected chi connectivity index (χ2v) is 5.91. The topological polar surface area (TPSA) is 84.5 Å². The Morgan fingerprint density at radius 2 is 1.96 bits per heavy atom. The van der Waals surface area contributed by atoms with E-state index in [4.69, 9.17) is 0 Å². The quantitative estimate of drug-likeness (QED) is 0.665. The highest BCUT2D eigenvalue weighted by Gasteiger charge is 2.24. The Hall–Kier alpha value is -2.97. The van der Waals surface area contributed by atoms with Crippen molar-refractivity contribution in [1.82, 2.24) is 34.3 Å². The molecule has 0 radical (unpaired) electrons. The lowest BCUT2D eigenvalue weighted by Crippen LogP contribution is -2.49. The zero-order chi connectivity index (χ0) is 16.7. The first kappa shape index (κ1) is 14.6. The third kappa shape index (κ3) is 2.47. The standard InChI is InChI=1S/C15H18N8O/c1-11-7-13(23-15(19-11)16-10-18-23)21-3-5-22(6-4-21)14(24)12-8-17-20(2)9-12/h7-10H,3-6H2,1-2H3. The Bertz CT molecular complexity index is 890. The van der Waals surface area contributed by atoms with Crippen LogP contribution >= 0.6 is 0 Å². The molecule has 0 N–H and O–H groups in total. The van der Waals surface area contributed by atoms with Gasteiger partial charge in [0.25, 0.3) is 11.7 Å². The van der Waals surface area contributed by atoms with Crippen molar-refractivity contribution in [2.75, 3.05) is 31.1 Å². The van der Waals surface area contributed by atoms with E-state index in [-0.39, 0.29) is 5.91 Å². The SMILES string of the molecule is Cc1cc(N2CCN(C(=O)c3cnn(C)c3)CC2)n2ncnc2n1. The molecule has 0 atom stereocenters. The molecule has 4 rings (SSSR count). The monoisotopic (exact) mass is 326 g/mol. The lowest BCUT2D eigenvalue weighted by molar-refractivity contribution is 0.0746. The zero-order valence-electron chi connectivity index (χ0n) is 13.6. The van der Waals surface area contributed by atoms with Gasteiger partial charge >= 0.3 is 0 Å². The number of anilines is 1. The Kier molecular flexibility index (Phi) is 3.40. The Morgan fingerprint density at radius 1 is 1.17 bits per heavy atom. The fourth-order valence-electron chi connectivity index (χ4n) is 2.99. The van der Waals surface area contributed by atoms with E-state index >= 15 is 0 Å². The van der Waals surface area contributed by atoms with Gasteiger partial charge in [-0.3, -0.25) is 9.48 Å². The highest BCUT2D eigenvalue weighted by Crippen LogP contribution is 2.18. The van der Waals surface area contributed by atoms with E-state index in [1.54, 1.807) is 21.6 Å². The largest absolute Gasteiger partial charge is 0.353 e. The van der Waals surface area contributed by atoms with Crippen molar-refractivity contribution in [3.63, 3.8) is 0 Å². The number of hydrogen-bond donors (Lipinski definition) is 0. The van der Waals surface area contributed by atoms with E-state index in [0.29, 0.717) is 24.4 Å². The molecule has 4 heterocycles. The van der Waals surface area contributed by atoms with Crippen LogP contribution in [0.3, 0.4) is 0 Å². The molecule has 0 aliphatic carbocycles. The van der Waals surface area contributed by atoms with Crippen molar-refractivity contribution in [2.45, 2.75) is 6.92 Å². The summed E-state index contributed by atoms with van der Waals surface area (Å²) in [5.74, 6) is 1.59. The fourth-order valence-corrected chi connectivity index (χ4v) is 2.99. The van der Waals surface area contributed by atoms with Gasteiger partial charge in [0.15, 0.2) is 0 Å². The van der Waals surface area contributed by atoms with Crippen LogP contribution in [0.15, 0.2) is 24.8 Å². The molecule has 1 aliphatic heterocycles. The molecule has 0 saturated carbocycles. The van der Waals surface area contributed by atoms with Crippen molar-refractivity contribution in [3.8, 4) is 0 Å². The number of nitrogens with zero attached hydrogens (tertiary/aromatic N) is 8. The minimum absolute atomic E-state index is 0.0274. The van der Waals surface area contributed by atoms with Crippen LogP contribution in [-0.4, -0.2) is 66.3 Å². The summed E-state index contributed by atoms with van der Waals surface area (Å²) >= 11 is 0. The first-order valence-electron chi connectivity index (χ1n) is 7.82. The molecule has 1 amide bonds. The normalized spacial score (nSPS) is 15.2. The van der Waals surface area contributed by atoms with Crippen LogP contribution in [-0.2, 0) is 7.05 Å². The van der Waals surface area contributed by atoms with Crippen LogP contribution in [0.4, 0.5) is 5.82 Å². The van der Waals surface area contributed by atoms with E-state index in [0.717, 1.165) is 24.6 Å². The summed E-state index contributed by atoms with van der Waals surface area (Å²) in [5, 5.41) is 8.32. The molecule has 0 unspecified atom stereocenters. The van der Waals surface area contributed by atoms with Gasteiger partial charge in [-0.15, -0.1) is 0 Å². The second kappa shape index (κ2) is 5.59. The molecule has 1 saturated heterocycles. The summed E-state index contributed by atoms with van der Waals surface area (Å²) in [6.45, 7) is 4.74. The third-order valence-electron chi connectivity index (χ3n) is 4.20. The van der Waals surface area contributed by atoms with E-state index < -0.39 is 0 Å². The molecule has 3 aromatic heterocycles. The van der Waals surface area contributed by atoms with Crippen LogP contribution in [0.25, 0.3) is 5.78 Å². The van der Waals surface area contributed by atoms with Crippen LogP contribution < -0.4 is 4.90 Å². The van der Waals surface area contributed by atoms with Crippen molar-refractivity contribution < 1.29 is 4.79 Å². The molecular formula is C15H18N8O. The number of rotatable bonds is 2. The molecule has 0 bridgehead atoms. The van der Waals surface area contributed by atoms with Crippen molar-refractivity contribution in [3.05, 3.63) is 36.0 Å². The first-order valence-corrected chi connectivity index (χ1v) is 7.82. The van der Waals surface area contributed by atoms with E-state index in [9.17, 15) is 4.79 Å². The van der Waals surface area contributed by atoms with Crippen LogP contribution in [0.1, 0.15) is 16.1 Å². The maximum absolute atomic E-state index is 12.5. The Balaban J connectivity index is 1.51. The summed E-state index contributed by atoms with van der Waals surface area (Å²) in [6.07, 6.45) is 4.87. The van der Waals surface area contributed by atoms with E-state index in [1.807, 2.05) is 24.9 Å². The van der Waals surface area contributed by atoms with Crippen LogP contribution in [0.5, 0.6) is 0 Å². The van der Waals surface area contributed by atoms with Gasteiger partial charge < -0.3 is 9.80 Å². The number of aryl methyl sites for hydroxylation is 2. The van der Waals surface area contributed by atoms with E-state index in [1.165, 1.54) is 6.33 Å². The van der Waals surface area contributed by atoms with Gasteiger partial charge in [0.2, 0.25) is 0 Å². The molecule has 1 fully saturated rings. The second-order valence-electron chi connectivity index (χ2n) is 5.91. The van der Waals surface area contributed by atoms with Gasteiger partial charge in [0.1, 0.15) is 12.1 Å². The summed E-state index contributed by atoms with van der Waals surface area (Å²) < 4.78 is 3.39. The smallest absolute Gasteiger partial charge is 0.257 e. The van der Waals surface area contributed by atoms with Gasteiger partial charge in [-0.25, -0.2) is 4.98 Å². The molecule has 24 heavy (non-hydrogen) atoms. The van der Waals surface area contributed by atoms with Gasteiger partial charge in [-0.05, 0) is 6.92 Å². The van der Waals surface area contributed by atoms with Crippen molar-refractivity contribution in [1.29, 1.82) is 0 Å². The van der Waals surface area contributed by atoms with Crippen LogP contribution in [0, 0.1) is 6.92 Å². The third-order valence-corrected chi connectivity index (χ3v) is 4.20. The highest BCUT2D eigenvalue weighted by atomic mass is 16.2. The number of carbonyl (C=O) groups is 1. The lowest BCUT2D eigenvalue weighted by atomic mass is 10.2. The maximum Gasteiger partial charge on any atom is 0.257 e. The Labute approximate surface area is 138 Å². The number of amides is 1. The number of fused-ring (bicyclic) bond motifs is 1. The molecule has 0 spiro atoms. The molecule has 0 aromatic carbocycles. The average molecular weight is 326 g/mol. The number of aromatic nitrogens is 6. The molecule has 124 valence electrons. The summed E-state index contributed by atoms with van der Waals surface area (Å²) in [4.78, 5) is 25.1. The predicted molar refractivity (Wildman–Crippen MR) is 86.8 cm³/mol.